The predicted octanol–water partition coefficient (Wildman–Crippen LogP) is 1.89. The monoisotopic (exact) mass is 297 g/mol. The van der Waals surface area contributed by atoms with Gasteiger partial charge in [-0.25, -0.2) is 0 Å². The van der Waals surface area contributed by atoms with E-state index in [-0.39, 0.29) is 5.97 Å². The number of aromatic nitrogens is 2. The van der Waals surface area contributed by atoms with E-state index in [1.54, 1.807) is 0 Å². The van der Waals surface area contributed by atoms with Gasteiger partial charge in [-0.05, 0) is 45.7 Å². The minimum absolute atomic E-state index is 0.147. The number of aryl methyl sites for hydroxylation is 2. The lowest BCUT2D eigenvalue weighted by atomic mass is 9.81. The number of hydrogen-bond acceptors (Lipinski definition) is 5. The number of thioether (sulfide) groups is 1. The lowest BCUT2D eigenvalue weighted by molar-refractivity contribution is -0.149. The van der Waals surface area contributed by atoms with Gasteiger partial charge in [0.1, 0.15) is 5.54 Å². The van der Waals surface area contributed by atoms with Crippen LogP contribution in [0.1, 0.15) is 31.4 Å². The van der Waals surface area contributed by atoms with Crippen LogP contribution >= 0.6 is 11.8 Å². The van der Waals surface area contributed by atoms with E-state index in [2.05, 4.69) is 16.5 Å². The molecule has 0 amide bonds. The van der Waals surface area contributed by atoms with E-state index < -0.39 is 5.54 Å². The normalized spacial score (nSPS) is 26.5. The smallest absolute Gasteiger partial charge is 0.326 e. The van der Waals surface area contributed by atoms with Gasteiger partial charge in [0.2, 0.25) is 0 Å². The summed E-state index contributed by atoms with van der Waals surface area (Å²) >= 11 is 1.81. The molecule has 1 fully saturated rings. The molecule has 1 heterocycles. The topological polar surface area (TPSA) is 56.1 Å². The fraction of sp³-hybridized carbons (Fsp3) is 0.714. The second-order valence-electron chi connectivity index (χ2n) is 5.41. The van der Waals surface area contributed by atoms with E-state index >= 15 is 0 Å². The molecule has 1 aliphatic carbocycles. The SMILES string of the molecule is CNC1(C(=O)OC)CCCC(Sc2cc(C)nn2C)C1. The molecule has 0 saturated heterocycles. The van der Waals surface area contributed by atoms with Gasteiger partial charge in [-0.3, -0.25) is 9.48 Å². The molecule has 1 saturated carbocycles. The van der Waals surface area contributed by atoms with Crippen molar-refractivity contribution in [3.63, 3.8) is 0 Å². The zero-order valence-electron chi connectivity index (χ0n) is 12.6. The van der Waals surface area contributed by atoms with Gasteiger partial charge < -0.3 is 10.1 Å². The van der Waals surface area contributed by atoms with Crippen molar-refractivity contribution < 1.29 is 9.53 Å². The van der Waals surface area contributed by atoms with E-state index in [1.165, 1.54) is 7.11 Å². The van der Waals surface area contributed by atoms with E-state index in [0.717, 1.165) is 36.4 Å². The molecule has 0 spiro atoms. The largest absolute Gasteiger partial charge is 0.468 e. The first-order valence-corrected chi connectivity index (χ1v) is 7.83. The highest BCUT2D eigenvalue weighted by Gasteiger charge is 2.42. The second kappa shape index (κ2) is 6.18. The van der Waals surface area contributed by atoms with Crippen molar-refractivity contribution in [2.45, 2.75) is 48.4 Å². The Morgan fingerprint density at radius 2 is 2.40 bits per heavy atom. The van der Waals surface area contributed by atoms with Gasteiger partial charge in [0, 0.05) is 12.3 Å². The lowest BCUT2D eigenvalue weighted by Gasteiger charge is -2.38. The van der Waals surface area contributed by atoms with Crippen molar-refractivity contribution in [3.8, 4) is 0 Å². The quantitative estimate of drug-likeness (QED) is 0.860. The molecule has 6 heteroatoms. The molecule has 112 valence electrons. The zero-order valence-corrected chi connectivity index (χ0v) is 13.4. The maximum Gasteiger partial charge on any atom is 0.326 e. The van der Waals surface area contributed by atoms with Crippen LogP contribution < -0.4 is 5.32 Å². The molecule has 2 rings (SSSR count). The molecule has 1 aromatic heterocycles. The minimum atomic E-state index is -0.529. The van der Waals surface area contributed by atoms with Gasteiger partial charge in [0.05, 0.1) is 17.8 Å². The molecular weight excluding hydrogens is 274 g/mol. The number of carbonyl (C=O) groups is 1. The van der Waals surface area contributed by atoms with Crippen LogP contribution in [0.15, 0.2) is 11.1 Å². The van der Waals surface area contributed by atoms with E-state index in [4.69, 9.17) is 4.74 Å². The van der Waals surface area contributed by atoms with Crippen LogP contribution in [0, 0.1) is 6.92 Å². The van der Waals surface area contributed by atoms with Crippen molar-refractivity contribution >= 4 is 17.7 Å². The first kappa shape index (κ1) is 15.4. The van der Waals surface area contributed by atoms with Crippen LogP contribution in [0.3, 0.4) is 0 Å². The molecule has 2 atom stereocenters. The fourth-order valence-electron chi connectivity index (χ4n) is 2.90. The average molecular weight is 297 g/mol. The molecule has 1 aromatic rings. The van der Waals surface area contributed by atoms with Crippen LogP contribution in [0.4, 0.5) is 0 Å². The summed E-state index contributed by atoms with van der Waals surface area (Å²) in [5.74, 6) is -0.147. The number of ether oxygens (including phenoxy) is 1. The highest BCUT2D eigenvalue weighted by Crippen LogP contribution is 2.38. The van der Waals surface area contributed by atoms with Crippen LogP contribution in [0.25, 0.3) is 0 Å². The number of likely N-dealkylation sites (N-methyl/N-ethyl adjacent to an activating group) is 1. The van der Waals surface area contributed by atoms with Gasteiger partial charge in [0.15, 0.2) is 0 Å². The summed E-state index contributed by atoms with van der Waals surface area (Å²) < 4.78 is 6.89. The zero-order chi connectivity index (χ0) is 14.8. The van der Waals surface area contributed by atoms with Crippen LogP contribution in [-0.2, 0) is 16.6 Å². The van der Waals surface area contributed by atoms with Crippen LogP contribution in [0.2, 0.25) is 0 Å². The Morgan fingerprint density at radius 1 is 1.65 bits per heavy atom. The molecule has 2 unspecified atom stereocenters. The third kappa shape index (κ3) is 3.01. The van der Waals surface area contributed by atoms with Crippen molar-refractivity contribution in [2.24, 2.45) is 7.05 Å². The summed E-state index contributed by atoms with van der Waals surface area (Å²) in [5, 5.41) is 9.13. The molecule has 0 aliphatic heterocycles. The number of hydrogen-bond donors (Lipinski definition) is 1. The Hall–Kier alpha value is -1.01. The average Bonchev–Trinajstić information content (AvgIpc) is 2.76. The Labute approximate surface area is 124 Å². The lowest BCUT2D eigenvalue weighted by Crippen LogP contribution is -2.54. The Bertz CT molecular complexity index is 489. The minimum Gasteiger partial charge on any atom is -0.468 e. The fourth-order valence-corrected chi connectivity index (χ4v) is 4.33. The summed E-state index contributed by atoms with van der Waals surface area (Å²) in [6.45, 7) is 2.00. The molecule has 1 N–H and O–H groups in total. The molecule has 20 heavy (non-hydrogen) atoms. The predicted molar refractivity (Wildman–Crippen MR) is 79.9 cm³/mol. The third-order valence-electron chi connectivity index (χ3n) is 4.01. The Kier molecular flexibility index (Phi) is 4.75. The number of esters is 1. The molecular formula is C14H23N3O2S. The molecule has 0 radical (unpaired) electrons. The first-order chi connectivity index (χ1) is 9.50. The maximum atomic E-state index is 12.1. The second-order valence-corrected chi connectivity index (χ2v) is 6.73. The molecule has 1 aliphatic rings. The van der Waals surface area contributed by atoms with Crippen LogP contribution in [0.5, 0.6) is 0 Å². The highest BCUT2D eigenvalue weighted by molar-refractivity contribution is 7.99. The number of rotatable bonds is 4. The number of nitrogens with zero attached hydrogens (tertiary/aromatic N) is 2. The summed E-state index contributed by atoms with van der Waals surface area (Å²) in [6, 6.07) is 2.10. The Morgan fingerprint density at radius 3 is 2.95 bits per heavy atom. The summed E-state index contributed by atoms with van der Waals surface area (Å²) in [6.07, 6.45) is 3.79. The molecule has 5 nitrogen and oxygen atoms in total. The van der Waals surface area contributed by atoms with Crippen molar-refractivity contribution in [3.05, 3.63) is 11.8 Å². The van der Waals surface area contributed by atoms with Gasteiger partial charge in [-0.2, -0.15) is 5.10 Å². The van der Waals surface area contributed by atoms with Gasteiger partial charge >= 0.3 is 5.97 Å². The third-order valence-corrected chi connectivity index (χ3v) is 5.37. The van der Waals surface area contributed by atoms with Gasteiger partial charge in [0.25, 0.3) is 0 Å². The van der Waals surface area contributed by atoms with E-state index in [1.807, 2.05) is 37.5 Å². The molecule has 0 bridgehead atoms. The van der Waals surface area contributed by atoms with Gasteiger partial charge in [-0.15, -0.1) is 11.8 Å². The Balaban J connectivity index is 2.10. The van der Waals surface area contributed by atoms with Crippen LogP contribution in [-0.4, -0.2) is 40.7 Å². The summed E-state index contributed by atoms with van der Waals surface area (Å²) in [4.78, 5) is 12.1. The van der Waals surface area contributed by atoms with E-state index in [0.29, 0.717) is 5.25 Å². The van der Waals surface area contributed by atoms with Crippen molar-refractivity contribution in [2.75, 3.05) is 14.2 Å². The first-order valence-electron chi connectivity index (χ1n) is 6.95. The number of nitrogens with one attached hydrogen (secondary N) is 1. The van der Waals surface area contributed by atoms with Crippen molar-refractivity contribution in [1.29, 1.82) is 0 Å². The molecule has 0 aromatic carbocycles. The summed E-state index contributed by atoms with van der Waals surface area (Å²) in [7, 11) is 5.27. The van der Waals surface area contributed by atoms with E-state index in [9.17, 15) is 4.79 Å². The summed E-state index contributed by atoms with van der Waals surface area (Å²) in [5.41, 5.74) is 0.497. The number of methoxy groups -OCH3 is 1. The standard InChI is InChI=1S/C14H23N3O2S/c1-10-8-12(17(3)16-10)20-11-6-5-7-14(9-11,15-2)13(18)19-4/h8,11,15H,5-7,9H2,1-4H3. The highest BCUT2D eigenvalue weighted by atomic mass is 32.2. The maximum absolute atomic E-state index is 12.1. The van der Waals surface area contributed by atoms with Gasteiger partial charge in [-0.1, -0.05) is 0 Å². The number of carbonyl (C=O) groups excluding carboxylic acids is 1. The van der Waals surface area contributed by atoms with Crippen molar-refractivity contribution in [1.82, 2.24) is 15.1 Å².